The maximum Gasteiger partial charge on any atom is 0.223 e. The van der Waals surface area contributed by atoms with Gasteiger partial charge in [-0.1, -0.05) is 19.3 Å². The van der Waals surface area contributed by atoms with Gasteiger partial charge in [0.15, 0.2) is 0 Å². The second-order valence-electron chi connectivity index (χ2n) is 7.19. The molecule has 1 spiro atoms. The molecule has 1 N–H and O–H groups in total. The quantitative estimate of drug-likeness (QED) is 0.852. The van der Waals surface area contributed by atoms with Crippen LogP contribution in [0.4, 0.5) is 0 Å². The van der Waals surface area contributed by atoms with Crippen molar-refractivity contribution in [3.8, 4) is 0 Å². The summed E-state index contributed by atoms with van der Waals surface area (Å²) in [7, 11) is -3.13. The molecule has 6 heteroatoms. The number of nitrogens with one attached hydrogen (secondary N) is 1. The van der Waals surface area contributed by atoms with E-state index in [2.05, 4.69) is 5.32 Å². The van der Waals surface area contributed by atoms with E-state index in [9.17, 15) is 13.2 Å². The summed E-state index contributed by atoms with van der Waals surface area (Å²) in [5.74, 6) is 0.661. The molecule has 1 unspecified atom stereocenters. The molecule has 0 aromatic rings. The number of carbonyl (C=O) groups is 1. The Balaban J connectivity index is 1.69. The molecule has 0 radical (unpaired) electrons. The summed E-state index contributed by atoms with van der Waals surface area (Å²) < 4.78 is 25.4. The first-order chi connectivity index (χ1) is 9.91. The number of rotatable bonds is 4. The van der Waals surface area contributed by atoms with Crippen molar-refractivity contribution in [1.29, 1.82) is 0 Å². The van der Waals surface area contributed by atoms with Crippen LogP contribution in [0.2, 0.25) is 0 Å². The standard InChI is InChI=1S/C15H26N2O3S/c1-21(19,20)17-10-13(9-16-14(18)12-5-6-12)15(11-17)7-3-2-4-8-15/h12-13H,2-11H2,1H3,(H,16,18). The van der Waals surface area contributed by atoms with Crippen LogP contribution >= 0.6 is 0 Å². The fourth-order valence-electron chi connectivity index (χ4n) is 4.05. The average Bonchev–Trinajstić information content (AvgIpc) is 3.21. The number of hydrogen-bond acceptors (Lipinski definition) is 3. The molecule has 2 aliphatic carbocycles. The monoisotopic (exact) mass is 314 g/mol. The topological polar surface area (TPSA) is 66.5 Å². The predicted molar refractivity (Wildman–Crippen MR) is 81.2 cm³/mol. The van der Waals surface area contributed by atoms with Crippen molar-refractivity contribution in [3.63, 3.8) is 0 Å². The van der Waals surface area contributed by atoms with Gasteiger partial charge in [0, 0.05) is 25.6 Å². The highest BCUT2D eigenvalue weighted by Gasteiger charge is 2.49. The van der Waals surface area contributed by atoms with Crippen molar-refractivity contribution in [2.45, 2.75) is 44.9 Å². The average molecular weight is 314 g/mol. The Morgan fingerprint density at radius 3 is 2.48 bits per heavy atom. The van der Waals surface area contributed by atoms with Gasteiger partial charge in [0.05, 0.1) is 6.26 Å². The van der Waals surface area contributed by atoms with Crippen molar-refractivity contribution in [2.75, 3.05) is 25.9 Å². The van der Waals surface area contributed by atoms with Crippen LogP contribution in [0.3, 0.4) is 0 Å². The summed E-state index contributed by atoms with van der Waals surface area (Å²) in [6.45, 7) is 1.86. The number of sulfonamides is 1. The van der Waals surface area contributed by atoms with Gasteiger partial charge >= 0.3 is 0 Å². The smallest absolute Gasteiger partial charge is 0.223 e. The third kappa shape index (κ3) is 3.26. The highest BCUT2D eigenvalue weighted by atomic mass is 32.2. The third-order valence-electron chi connectivity index (χ3n) is 5.57. The molecule has 0 bridgehead atoms. The van der Waals surface area contributed by atoms with E-state index in [-0.39, 0.29) is 23.2 Å². The maximum absolute atomic E-state index is 11.9. The summed E-state index contributed by atoms with van der Waals surface area (Å²) in [6.07, 6.45) is 9.14. The SMILES string of the molecule is CS(=O)(=O)N1CC(CNC(=O)C2CC2)C2(CCCCC2)C1. The minimum atomic E-state index is -3.13. The second-order valence-corrected chi connectivity index (χ2v) is 9.18. The lowest BCUT2D eigenvalue weighted by Crippen LogP contribution is -2.40. The predicted octanol–water partition coefficient (Wildman–Crippen LogP) is 1.35. The largest absolute Gasteiger partial charge is 0.356 e. The molecule has 1 heterocycles. The van der Waals surface area contributed by atoms with Gasteiger partial charge in [0.1, 0.15) is 0 Å². The van der Waals surface area contributed by atoms with E-state index in [1.54, 1.807) is 4.31 Å². The van der Waals surface area contributed by atoms with Crippen LogP contribution in [-0.4, -0.2) is 44.5 Å². The van der Waals surface area contributed by atoms with Crippen LogP contribution in [0, 0.1) is 17.3 Å². The summed E-state index contributed by atoms with van der Waals surface area (Å²) in [6, 6.07) is 0. The molecular weight excluding hydrogens is 288 g/mol. The molecule has 0 aromatic carbocycles. The first-order valence-corrected chi connectivity index (χ1v) is 9.98. The Morgan fingerprint density at radius 2 is 1.90 bits per heavy atom. The maximum atomic E-state index is 11.9. The van der Waals surface area contributed by atoms with E-state index in [0.29, 0.717) is 19.6 Å². The van der Waals surface area contributed by atoms with E-state index < -0.39 is 10.0 Å². The molecule has 0 aromatic heterocycles. The minimum Gasteiger partial charge on any atom is -0.356 e. The van der Waals surface area contributed by atoms with E-state index in [1.165, 1.54) is 25.5 Å². The zero-order valence-electron chi connectivity index (χ0n) is 12.8. The first-order valence-electron chi connectivity index (χ1n) is 8.14. The van der Waals surface area contributed by atoms with Crippen molar-refractivity contribution < 1.29 is 13.2 Å². The van der Waals surface area contributed by atoms with Crippen LogP contribution in [-0.2, 0) is 14.8 Å². The molecule has 1 aliphatic heterocycles. The van der Waals surface area contributed by atoms with E-state index in [0.717, 1.165) is 25.7 Å². The van der Waals surface area contributed by atoms with Gasteiger partial charge in [-0.3, -0.25) is 4.79 Å². The highest BCUT2D eigenvalue weighted by molar-refractivity contribution is 7.88. The summed E-state index contributed by atoms with van der Waals surface area (Å²) in [5.41, 5.74) is 0.0954. The Kier molecular flexibility index (Phi) is 4.03. The zero-order chi connectivity index (χ0) is 15.1. The van der Waals surface area contributed by atoms with Gasteiger partial charge < -0.3 is 5.32 Å². The van der Waals surface area contributed by atoms with Crippen molar-refractivity contribution in [2.24, 2.45) is 17.3 Å². The van der Waals surface area contributed by atoms with E-state index in [4.69, 9.17) is 0 Å². The van der Waals surface area contributed by atoms with Crippen molar-refractivity contribution in [3.05, 3.63) is 0 Å². The summed E-state index contributed by atoms with van der Waals surface area (Å²) in [5, 5.41) is 3.07. The number of amides is 1. The molecule has 5 nitrogen and oxygen atoms in total. The van der Waals surface area contributed by atoms with Crippen molar-refractivity contribution >= 4 is 15.9 Å². The number of carbonyl (C=O) groups excluding carboxylic acids is 1. The molecule has 21 heavy (non-hydrogen) atoms. The number of nitrogens with zero attached hydrogens (tertiary/aromatic N) is 1. The van der Waals surface area contributed by atoms with Crippen molar-refractivity contribution in [1.82, 2.24) is 9.62 Å². The molecule has 1 amide bonds. The first kappa shape index (κ1) is 15.3. The highest BCUT2D eigenvalue weighted by Crippen LogP contribution is 2.48. The summed E-state index contributed by atoms with van der Waals surface area (Å²) >= 11 is 0. The second kappa shape index (κ2) is 5.54. The van der Waals surface area contributed by atoms with Gasteiger partial charge in [-0.05, 0) is 37.0 Å². The van der Waals surface area contributed by atoms with Gasteiger partial charge in [-0.25, -0.2) is 12.7 Å². The lowest BCUT2D eigenvalue weighted by molar-refractivity contribution is -0.122. The molecule has 2 saturated carbocycles. The fourth-order valence-corrected chi connectivity index (χ4v) is 5.00. The minimum absolute atomic E-state index is 0.0954. The fraction of sp³-hybridized carbons (Fsp3) is 0.933. The Labute approximate surface area is 127 Å². The van der Waals surface area contributed by atoms with E-state index >= 15 is 0 Å². The van der Waals surface area contributed by atoms with Crippen LogP contribution in [0.1, 0.15) is 44.9 Å². The lowest BCUT2D eigenvalue weighted by Gasteiger charge is -2.38. The Morgan fingerprint density at radius 1 is 1.24 bits per heavy atom. The van der Waals surface area contributed by atoms with Gasteiger partial charge in [-0.2, -0.15) is 0 Å². The van der Waals surface area contributed by atoms with Gasteiger partial charge in [-0.15, -0.1) is 0 Å². The Hall–Kier alpha value is -0.620. The van der Waals surface area contributed by atoms with Gasteiger partial charge in [0.2, 0.25) is 15.9 Å². The molecule has 1 atom stereocenters. The molecule has 3 rings (SSSR count). The number of hydrogen-bond donors (Lipinski definition) is 1. The zero-order valence-corrected chi connectivity index (χ0v) is 13.6. The molecule has 120 valence electrons. The van der Waals surface area contributed by atoms with Crippen LogP contribution < -0.4 is 5.32 Å². The van der Waals surface area contributed by atoms with Crippen LogP contribution in [0.15, 0.2) is 0 Å². The molecule has 3 aliphatic rings. The molecule has 3 fully saturated rings. The molecular formula is C15H26N2O3S. The van der Waals surface area contributed by atoms with Gasteiger partial charge in [0.25, 0.3) is 0 Å². The Bertz CT molecular complexity index is 507. The lowest BCUT2D eigenvalue weighted by atomic mass is 9.68. The third-order valence-corrected chi connectivity index (χ3v) is 6.79. The normalized spacial score (nSPS) is 29.7. The van der Waals surface area contributed by atoms with Crippen LogP contribution in [0.5, 0.6) is 0 Å². The molecule has 1 saturated heterocycles. The van der Waals surface area contributed by atoms with Crippen LogP contribution in [0.25, 0.3) is 0 Å². The van der Waals surface area contributed by atoms with E-state index in [1.807, 2.05) is 0 Å². The summed E-state index contributed by atoms with van der Waals surface area (Å²) in [4.78, 5) is 11.9.